The average molecular weight is 531 g/mol. The number of phenolic OH excluding ortho intramolecular Hbond substituents is 2. The van der Waals surface area contributed by atoms with Crippen molar-refractivity contribution in [3.63, 3.8) is 0 Å². The molecule has 0 spiro atoms. The molecule has 0 aromatic heterocycles. The van der Waals surface area contributed by atoms with Gasteiger partial charge >= 0.3 is 0 Å². The van der Waals surface area contributed by atoms with Crippen LogP contribution in [0, 0.1) is 0 Å². The number of para-hydroxylation sites is 2. The molecule has 0 aliphatic carbocycles. The second-order valence-corrected chi connectivity index (χ2v) is 7.13. The number of ketones is 2. The van der Waals surface area contributed by atoms with Gasteiger partial charge in [-0.15, -0.1) is 0 Å². The van der Waals surface area contributed by atoms with E-state index in [0.29, 0.717) is 22.3 Å². The third-order valence-electron chi connectivity index (χ3n) is 4.37. The number of carbonyl (C=O) groups is 2. The summed E-state index contributed by atoms with van der Waals surface area (Å²) in [6.07, 6.45) is 1.25. The van der Waals surface area contributed by atoms with Crippen molar-refractivity contribution in [3.05, 3.63) is 131 Å². The second-order valence-electron chi connectivity index (χ2n) is 7.13. The lowest BCUT2D eigenvalue weighted by Gasteiger charge is -2.02. The van der Waals surface area contributed by atoms with Gasteiger partial charge in [0.05, 0.1) is 11.1 Å². The Morgan fingerprint density at radius 2 is 0.692 bits per heavy atom. The van der Waals surface area contributed by atoms with E-state index < -0.39 is 0 Å². The summed E-state index contributed by atoms with van der Waals surface area (Å²) in [6, 6.07) is 30.9. The minimum Gasteiger partial charge on any atom is -0.507 e. The normalized spacial score (nSPS) is 8.51. The fourth-order valence-corrected chi connectivity index (χ4v) is 2.82. The average Bonchev–Trinajstić information content (AvgIpc) is 3.02. The van der Waals surface area contributed by atoms with Gasteiger partial charge in [-0.05, 0) is 24.3 Å². The van der Waals surface area contributed by atoms with E-state index in [9.17, 15) is 19.8 Å². The van der Waals surface area contributed by atoms with Crippen LogP contribution in [0.1, 0.15) is 93.7 Å². The third-order valence-corrected chi connectivity index (χ3v) is 4.37. The molecule has 4 nitrogen and oxygen atoms in total. The molecule has 4 rings (SSSR count). The van der Waals surface area contributed by atoms with E-state index in [1.54, 1.807) is 84.9 Å². The van der Waals surface area contributed by atoms with Crippen molar-refractivity contribution in [3.8, 4) is 11.5 Å². The van der Waals surface area contributed by atoms with Crippen molar-refractivity contribution < 1.29 is 19.8 Å². The Morgan fingerprint density at radius 3 is 0.949 bits per heavy atom. The van der Waals surface area contributed by atoms with Crippen LogP contribution in [0.5, 0.6) is 11.5 Å². The molecule has 0 bridgehead atoms. The molecule has 0 fully saturated rings. The van der Waals surface area contributed by atoms with Crippen molar-refractivity contribution >= 4 is 11.6 Å². The maximum Gasteiger partial charge on any atom is 0.196 e. The standard InChI is InChI=1S/2C13H10O2.C3H8.3C2H6/c2*14-12-9-5-4-8-11(12)13(15)10-6-2-1-3-7-10;1-3-2;3*1-2/h2*1-9,14H;3H2,1-2H3;3*1-2H3. The molecule has 210 valence electrons. The first-order valence-electron chi connectivity index (χ1n) is 13.7. The van der Waals surface area contributed by atoms with E-state index >= 15 is 0 Å². The van der Waals surface area contributed by atoms with Gasteiger partial charge in [0.1, 0.15) is 11.5 Å². The van der Waals surface area contributed by atoms with Crippen molar-refractivity contribution in [2.75, 3.05) is 0 Å². The minimum atomic E-state index is -0.159. The lowest BCUT2D eigenvalue weighted by Crippen LogP contribution is -2.00. The van der Waals surface area contributed by atoms with Crippen LogP contribution in [0.4, 0.5) is 0 Å². The zero-order chi connectivity index (χ0) is 30.1. The van der Waals surface area contributed by atoms with Crippen LogP contribution < -0.4 is 0 Å². The van der Waals surface area contributed by atoms with Gasteiger partial charge in [0, 0.05) is 11.1 Å². The number of benzene rings is 4. The van der Waals surface area contributed by atoms with Crippen LogP contribution in [-0.2, 0) is 0 Å². The maximum atomic E-state index is 11.9. The smallest absolute Gasteiger partial charge is 0.196 e. The summed E-state index contributed by atoms with van der Waals surface area (Å²) in [5, 5.41) is 19.0. The van der Waals surface area contributed by atoms with Crippen LogP contribution in [0.3, 0.4) is 0 Å². The molecular weight excluding hydrogens is 484 g/mol. The fourth-order valence-electron chi connectivity index (χ4n) is 2.82. The van der Waals surface area contributed by atoms with Gasteiger partial charge in [0.15, 0.2) is 11.6 Å². The van der Waals surface area contributed by atoms with Crippen LogP contribution >= 0.6 is 0 Å². The number of phenols is 2. The molecular formula is C35H46O4. The van der Waals surface area contributed by atoms with Crippen LogP contribution in [0.15, 0.2) is 109 Å². The summed E-state index contributed by atoms with van der Waals surface area (Å²) in [7, 11) is 0. The van der Waals surface area contributed by atoms with E-state index in [-0.39, 0.29) is 23.1 Å². The van der Waals surface area contributed by atoms with Crippen molar-refractivity contribution in [2.45, 2.75) is 61.8 Å². The molecule has 39 heavy (non-hydrogen) atoms. The molecule has 4 aromatic rings. The molecule has 0 amide bonds. The van der Waals surface area contributed by atoms with Gasteiger partial charge in [-0.1, -0.05) is 147 Å². The highest BCUT2D eigenvalue weighted by atomic mass is 16.3. The molecule has 0 saturated carbocycles. The number of hydrogen-bond acceptors (Lipinski definition) is 4. The molecule has 2 N–H and O–H groups in total. The first kappa shape index (κ1) is 37.0. The Hall–Kier alpha value is -4.18. The lowest BCUT2D eigenvalue weighted by molar-refractivity contribution is 0.102. The molecule has 4 aromatic carbocycles. The number of hydrogen-bond donors (Lipinski definition) is 2. The van der Waals surface area contributed by atoms with Gasteiger partial charge in [-0.2, -0.15) is 0 Å². The Labute approximate surface area is 236 Å². The third kappa shape index (κ3) is 13.8. The molecule has 4 heteroatoms. The van der Waals surface area contributed by atoms with Gasteiger partial charge < -0.3 is 10.2 Å². The Bertz CT molecular complexity index is 1060. The topological polar surface area (TPSA) is 74.6 Å². The van der Waals surface area contributed by atoms with Crippen molar-refractivity contribution in [2.24, 2.45) is 0 Å². The van der Waals surface area contributed by atoms with Gasteiger partial charge in [-0.3, -0.25) is 9.59 Å². The Balaban J connectivity index is 0. The monoisotopic (exact) mass is 530 g/mol. The van der Waals surface area contributed by atoms with Gasteiger partial charge in [0.2, 0.25) is 0 Å². The number of rotatable bonds is 4. The van der Waals surface area contributed by atoms with E-state index in [1.165, 1.54) is 18.6 Å². The van der Waals surface area contributed by atoms with E-state index in [0.717, 1.165) is 0 Å². The predicted molar refractivity (Wildman–Crippen MR) is 166 cm³/mol. The highest BCUT2D eigenvalue weighted by Crippen LogP contribution is 2.20. The number of aromatic hydroxyl groups is 2. The molecule has 0 saturated heterocycles. The number of carbonyl (C=O) groups excluding carboxylic acids is 2. The Kier molecular flexibility index (Phi) is 22.9. The fraction of sp³-hybridized carbons (Fsp3) is 0.257. The largest absolute Gasteiger partial charge is 0.507 e. The molecule has 0 unspecified atom stereocenters. The lowest BCUT2D eigenvalue weighted by atomic mass is 10.0. The van der Waals surface area contributed by atoms with E-state index in [1.807, 2.05) is 53.7 Å². The molecule has 0 aliphatic rings. The van der Waals surface area contributed by atoms with Crippen molar-refractivity contribution in [1.82, 2.24) is 0 Å². The summed E-state index contributed by atoms with van der Waals surface area (Å²) >= 11 is 0. The first-order valence-corrected chi connectivity index (χ1v) is 13.7. The van der Waals surface area contributed by atoms with E-state index in [2.05, 4.69) is 13.8 Å². The summed E-state index contributed by atoms with van der Waals surface area (Å²) in [5.41, 5.74) is 1.84. The molecule has 0 radical (unpaired) electrons. The van der Waals surface area contributed by atoms with E-state index in [4.69, 9.17) is 0 Å². The quantitative estimate of drug-likeness (QED) is 0.258. The van der Waals surface area contributed by atoms with Gasteiger partial charge in [-0.25, -0.2) is 0 Å². The minimum absolute atomic E-state index is 0.0198. The zero-order valence-electron chi connectivity index (χ0n) is 24.8. The SMILES string of the molecule is CC.CC.CC.CCC.O=C(c1ccccc1)c1ccccc1O.O=C(c1ccccc1)c1ccccc1O. The highest BCUT2D eigenvalue weighted by molar-refractivity contribution is 6.11. The molecule has 0 heterocycles. The van der Waals surface area contributed by atoms with Crippen molar-refractivity contribution in [1.29, 1.82) is 0 Å². The van der Waals surface area contributed by atoms with Crippen LogP contribution in [0.2, 0.25) is 0 Å². The summed E-state index contributed by atoms with van der Waals surface area (Å²) in [5.74, 6) is -0.278. The first-order chi connectivity index (χ1) is 19.0. The van der Waals surface area contributed by atoms with Crippen LogP contribution in [0.25, 0.3) is 0 Å². The molecule has 0 aliphatic heterocycles. The van der Waals surface area contributed by atoms with Gasteiger partial charge in [0.25, 0.3) is 0 Å². The molecule has 0 atom stereocenters. The summed E-state index contributed by atoms with van der Waals surface area (Å²) < 4.78 is 0. The Morgan fingerprint density at radius 1 is 0.462 bits per heavy atom. The van der Waals surface area contributed by atoms with Crippen LogP contribution in [-0.4, -0.2) is 21.8 Å². The summed E-state index contributed by atoms with van der Waals surface area (Å²) in [4.78, 5) is 23.8. The highest BCUT2D eigenvalue weighted by Gasteiger charge is 2.12. The predicted octanol–water partition coefficient (Wildman–Crippen LogP) is 9.74. The second kappa shape index (κ2) is 24.2. The summed E-state index contributed by atoms with van der Waals surface area (Å²) in [6.45, 7) is 16.2. The maximum absolute atomic E-state index is 11.9. The zero-order valence-corrected chi connectivity index (χ0v) is 24.8.